The minimum Gasteiger partial charge on any atom is -0.469 e. The van der Waals surface area contributed by atoms with E-state index in [4.69, 9.17) is 4.74 Å². The third-order valence-electron chi connectivity index (χ3n) is 2.69. The first-order valence-electron chi connectivity index (χ1n) is 5.74. The first kappa shape index (κ1) is 15.0. The molecular formula is C10H12F3N3O3S. The monoisotopic (exact) mass is 311 g/mol. The number of halogens is 3. The first-order chi connectivity index (χ1) is 9.40. The van der Waals surface area contributed by atoms with Gasteiger partial charge < -0.3 is 14.4 Å². The van der Waals surface area contributed by atoms with Crippen LogP contribution < -0.4 is 4.90 Å². The van der Waals surface area contributed by atoms with Gasteiger partial charge in [0.15, 0.2) is 0 Å². The van der Waals surface area contributed by atoms with E-state index >= 15 is 0 Å². The SMILES string of the molecule is COC(=O)CC1CN(c2nnc(C(F)(F)F)s2)CCO1. The molecule has 20 heavy (non-hydrogen) atoms. The van der Waals surface area contributed by atoms with Crippen molar-refractivity contribution in [1.82, 2.24) is 10.2 Å². The molecule has 0 radical (unpaired) electrons. The van der Waals surface area contributed by atoms with Crippen molar-refractivity contribution in [1.29, 1.82) is 0 Å². The summed E-state index contributed by atoms with van der Waals surface area (Å²) in [5.41, 5.74) is 0. The second-order valence-corrected chi connectivity index (χ2v) is 5.06. The third-order valence-corrected chi connectivity index (χ3v) is 3.72. The Hall–Kier alpha value is -1.42. The molecule has 2 heterocycles. The van der Waals surface area contributed by atoms with Gasteiger partial charge in [-0.2, -0.15) is 13.2 Å². The smallest absolute Gasteiger partial charge is 0.445 e. The molecular weight excluding hydrogens is 299 g/mol. The summed E-state index contributed by atoms with van der Waals surface area (Å²) in [6.45, 7) is 0.994. The van der Waals surface area contributed by atoms with E-state index in [0.717, 1.165) is 0 Å². The van der Waals surface area contributed by atoms with E-state index in [-0.39, 0.29) is 18.1 Å². The van der Waals surface area contributed by atoms with Crippen molar-refractivity contribution in [2.24, 2.45) is 0 Å². The Labute approximate surface area is 116 Å². The molecule has 0 bridgehead atoms. The lowest BCUT2D eigenvalue weighted by Gasteiger charge is -2.31. The van der Waals surface area contributed by atoms with Crippen LogP contribution in [0.25, 0.3) is 0 Å². The van der Waals surface area contributed by atoms with E-state index in [1.54, 1.807) is 4.90 Å². The molecule has 10 heteroatoms. The van der Waals surface area contributed by atoms with Gasteiger partial charge in [0, 0.05) is 13.1 Å². The molecule has 1 aliphatic heterocycles. The fraction of sp³-hybridized carbons (Fsp3) is 0.700. The lowest BCUT2D eigenvalue weighted by molar-refractivity contribution is -0.144. The second-order valence-electron chi connectivity index (χ2n) is 4.11. The summed E-state index contributed by atoms with van der Waals surface area (Å²) in [6.07, 6.45) is -4.86. The summed E-state index contributed by atoms with van der Waals surface area (Å²) in [5.74, 6) is -0.426. The van der Waals surface area contributed by atoms with Crippen molar-refractivity contribution >= 4 is 22.4 Å². The van der Waals surface area contributed by atoms with E-state index in [2.05, 4.69) is 14.9 Å². The fourth-order valence-corrected chi connectivity index (χ4v) is 2.49. The zero-order valence-corrected chi connectivity index (χ0v) is 11.3. The topological polar surface area (TPSA) is 64.5 Å². The van der Waals surface area contributed by atoms with Crippen molar-refractivity contribution in [3.05, 3.63) is 5.01 Å². The van der Waals surface area contributed by atoms with Gasteiger partial charge in [-0.15, -0.1) is 10.2 Å². The van der Waals surface area contributed by atoms with Crippen LogP contribution in [0.2, 0.25) is 0 Å². The summed E-state index contributed by atoms with van der Waals surface area (Å²) < 4.78 is 47.3. The predicted molar refractivity (Wildman–Crippen MR) is 63.5 cm³/mol. The van der Waals surface area contributed by atoms with Gasteiger partial charge in [0.05, 0.1) is 26.2 Å². The van der Waals surface area contributed by atoms with Gasteiger partial charge in [-0.25, -0.2) is 0 Å². The number of methoxy groups -OCH3 is 1. The average Bonchev–Trinajstić information content (AvgIpc) is 2.88. The maximum atomic E-state index is 12.5. The number of anilines is 1. The number of ether oxygens (including phenoxy) is 2. The molecule has 0 saturated carbocycles. The van der Waals surface area contributed by atoms with Gasteiger partial charge >= 0.3 is 12.1 Å². The minimum atomic E-state index is -4.49. The van der Waals surface area contributed by atoms with Gasteiger partial charge in [-0.05, 0) is 0 Å². The number of alkyl halides is 3. The molecule has 1 unspecified atom stereocenters. The zero-order chi connectivity index (χ0) is 14.8. The Balaban J connectivity index is 2.02. The van der Waals surface area contributed by atoms with E-state index < -0.39 is 23.3 Å². The van der Waals surface area contributed by atoms with Crippen molar-refractivity contribution in [3.63, 3.8) is 0 Å². The number of hydrogen-bond acceptors (Lipinski definition) is 7. The summed E-state index contributed by atoms with van der Waals surface area (Å²) in [5, 5.41) is 5.87. The van der Waals surface area contributed by atoms with Crippen molar-refractivity contribution in [2.75, 3.05) is 31.7 Å². The Kier molecular flexibility index (Phi) is 4.43. The highest BCUT2D eigenvalue weighted by Gasteiger charge is 2.36. The van der Waals surface area contributed by atoms with Crippen molar-refractivity contribution in [3.8, 4) is 0 Å². The maximum absolute atomic E-state index is 12.5. The summed E-state index contributed by atoms with van der Waals surface area (Å²) in [4.78, 5) is 12.8. The maximum Gasteiger partial charge on any atom is 0.445 e. The molecule has 0 aliphatic carbocycles. The van der Waals surface area contributed by atoms with Gasteiger partial charge in [-0.3, -0.25) is 4.79 Å². The van der Waals surface area contributed by atoms with Gasteiger partial charge in [-0.1, -0.05) is 11.3 Å². The Bertz CT molecular complexity index is 480. The molecule has 0 N–H and O–H groups in total. The molecule has 2 rings (SSSR count). The van der Waals surface area contributed by atoms with Gasteiger partial charge in [0.25, 0.3) is 0 Å². The number of aromatic nitrogens is 2. The number of carbonyl (C=O) groups excluding carboxylic acids is 1. The van der Waals surface area contributed by atoms with Crippen LogP contribution in [0.15, 0.2) is 0 Å². The molecule has 0 amide bonds. The highest BCUT2D eigenvalue weighted by Crippen LogP contribution is 2.34. The first-order valence-corrected chi connectivity index (χ1v) is 6.56. The fourth-order valence-electron chi connectivity index (χ4n) is 1.74. The molecule has 1 atom stereocenters. The Morgan fingerprint density at radius 3 is 2.90 bits per heavy atom. The Morgan fingerprint density at radius 1 is 1.55 bits per heavy atom. The number of hydrogen-bond donors (Lipinski definition) is 0. The molecule has 112 valence electrons. The summed E-state index contributed by atoms with van der Waals surface area (Å²) in [6, 6.07) is 0. The average molecular weight is 311 g/mol. The Morgan fingerprint density at radius 2 is 2.30 bits per heavy atom. The van der Waals surface area contributed by atoms with Crippen LogP contribution in [-0.2, 0) is 20.4 Å². The molecule has 0 spiro atoms. The van der Waals surface area contributed by atoms with E-state index in [9.17, 15) is 18.0 Å². The number of rotatable bonds is 3. The lowest BCUT2D eigenvalue weighted by Crippen LogP contribution is -2.43. The predicted octanol–water partition coefficient (Wildman–Crippen LogP) is 1.33. The van der Waals surface area contributed by atoms with E-state index in [0.29, 0.717) is 24.5 Å². The third kappa shape index (κ3) is 3.57. The highest BCUT2D eigenvalue weighted by atomic mass is 32.1. The molecule has 1 fully saturated rings. The standard InChI is InChI=1S/C10H12F3N3O3S/c1-18-7(17)4-6-5-16(2-3-19-6)9-15-14-8(20-9)10(11,12)13/h6H,2-5H2,1H3. The molecule has 1 aliphatic rings. The summed E-state index contributed by atoms with van der Waals surface area (Å²) in [7, 11) is 1.27. The molecule has 6 nitrogen and oxygen atoms in total. The van der Waals surface area contributed by atoms with Gasteiger partial charge in [0.1, 0.15) is 0 Å². The highest BCUT2D eigenvalue weighted by molar-refractivity contribution is 7.15. The van der Waals surface area contributed by atoms with Crippen LogP contribution in [-0.4, -0.2) is 49.1 Å². The molecule has 1 saturated heterocycles. The number of nitrogens with zero attached hydrogens (tertiary/aromatic N) is 3. The van der Waals surface area contributed by atoms with Crippen LogP contribution in [0, 0.1) is 0 Å². The molecule has 1 aromatic rings. The number of morpholine rings is 1. The van der Waals surface area contributed by atoms with Crippen LogP contribution >= 0.6 is 11.3 Å². The largest absolute Gasteiger partial charge is 0.469 e. The van der Waals surface area contributed by atoms with E-state index in [1.807, 2.05) is 0 Å². The van der Waals surface area contributed by atoms with Gasteiger partial charge in [0.2, 0.25) is 10.1 Å². The lowest BCUT2D eigenvalue weighted by atomic mass is 10.2. The van der Waals surface area contributed by atoms with Crippen LogP contribution in [0.5, 0.6) is 0 Å². The number of carbonyl (C=O) groups is 1. The minimum absolute atomic E-state index is 0.0535. The van der Waals surface area contributed by atoms with Crippen molar-refractivity contribution < 1.29 is 27.4 Å². The van der Waals surface area contributed by atoms with Crippen LogP contribution in [0.4, 0.5) is 18.3 Å². The van der Waals surface area contributed by atoms with Crippen LogP contribution in [0.3, 0.4) is 0 Å². The normalized spacial score (nSPS) is 20.0. The molecule has 1 aromatic heterocycles. The zero-order valence-electron chi connectivity index (χ0n) is 10.5. The number of esters is 1. The quantitative estimate of drug-likeness (QED) is 0.785. The van der Waals surface area contributed by atoms with E-state index in [1.165, 1.54) is 7.11 Å². The van der Waals surface area contributed by atoms with Crippen molar-refractivity contribution in [2.45, 2.75) is 18.7 Å². The second kappa shape index (κ2) is 5.92. The van der Waals surface area contributed by atoms with Crippen LogP contribution in [0.1, 0.15) is 11.4 Å². The molecule has 0 aromatic carbocycles. The summed E-state index contributed by atoms with van der Waals surface area (Å²) >= 11 is 0.480.